The van der Waals surface area contributed by atoms with Crippen LogP contribution in [0.15, 0.2) is 30.3 Å². The highest BCUT2D eigenvalue weighted by molar-refractivity contribution is 5.14. The topological polar surface area (TPSA) is 9.72 Å². The standard InChI is InChI=1S/C19H29N4.BrH/c1-2-5-17(6-3-1)7-4-14-23-15-12-21-9-8-20-10-11-22(13-16-23)19(23)18(20)21;/h1-3,5-6,18-19H,4,7-16H2;1H/q+1;/p-1. The van der Waals surface area contributed by atoms with Gasteiger partial charge in [-0.25, -0.2) is 4.90 Å². The largest absolute Gasteiger partial charge is 1.00 e. The molecule has 0 aromatic heterocycles. The molecule has 3 atom stereocenters. The van der Waals surface area contributed by atoms with Gasteiger partial charge in [-0.1, -0.05) is 30.3 Å². The van der Waals surface area contributed by atoms with Gasteiger partial charge >= 0.3 is 0 Å². The summed E-state index contributed by atoms with van der Waals surface area (Å²) < 4.78 is 1.38. The SMILES string of the molecule is [Br-].c1ccc(CCC[N+]23CCN4CCN5CCN(CC2)C3C54)cc1. The third-order valence-electron chi connectivity index (χ3n) is 6.88. The molecule has 4 fully saturated rings. The first kappa shape index (κ1) is 17.0. The van der Waals surface area contributed by atoms with Crippen LogP contribution in [0, 0.1) is 0 Å². The molecule has 0 spiro atoms. The minimum absolute atomic E-state index is 0. The lowest BCUT2D eigenvalue weighted by atomic mass is 10.1. The molecule has 0 amide bonds. The van der Waals surface area contributed by atoms with Crippen LogP contribution in [0.3, 0.4) is 0 Å². The number of rotatable bonds is 4. The highest BCUT2D eigenvalue weighted by Gasteiger charge is 2.59. The van der Waals surface area contributed by atoms with E-state index in [9.17, 15) is 0 Å². The first-order chi connectivity index (χ1) is 11.4. The first-order valence-corrected chi connectivity index (χ1v) is 9.48. The maximum atomic E-state index is 2.82. The quantitative estimate of drug-likeness (QED) is 0.551. The molecule has 4 saturated heterocycles. The zero-order valence-corrected chi connectivity index (χ0v) is 16.1. The van der Waals surface area contributed by atoms with E-state index in [1.165, 1.54) is 81.8 Å². The van der Waals surface area contributed by atoms with Crippen molar-refractivity contribution in [3.8, 4) is 0 Å². The number of quaternary nitrogens is 1. The maximum Gasteiger partial charge on any atom is 0.175 e. The van der Waals surface area contributed by atoms with Gasteiger partial charge in [0.25, 0.3) is 0 Å². The van der Waals surface area contributed by atoms with E-state index in [1.54, 1.807) is 0 Å². The highest BCUT2D eigenvalue weighted by atomic mass is 79.9. The second-order valence-corrected chi connectivity index (χ2v) is 7.91. The van der Waals surface area contributed by atoms with Crippen LogP contribution in [0.2, 0.25) is 0 Å². The van der Waals surface area contributed by atoms with E-state index >= 15 is 0 Å². The molecule has 132 valence electrons. The lowest BCUT2D eigenvalue weighted by Gasteiger charge is -2.54. The number of hydrogen-bond acceptors (Lipinski definition) is 3. The van der Waals surface area contributed by atoms with Crippen LogP contribution in [0.4, 0.5) is 0 Å². The molecule has 4 aliphatic heterocycles. The average molecular weight is 393 g/mol. The first-order valence-electron chi connectivity index (χ1n) is 9.48. The third-order valence-corrected chi connectivity index (χ3v) is 6.88. The number of nitrogens with zero attached hydrogens (tertiary/aromatic N) is 4. The van der Waals surface area contributed by atoms with Crippen molar-refractivity contribution >= 4 is 0 Å². The number of halogens is 1. The van der Waals surface area contributed by atoms with Crippen LogP contribution in [0.1, 0.15) is 12.0 Å². The molecule has 4 nitrogen and oxygen atoms in total. The molecular weight excluding hydrogens is 364 g/mol. The maximum absolute atomic E-state index is 2.82. The molecule has 0 bridgehead atoms. The van der Waals surface area contributed by atoms with Gasteiger partial charge in [-0.05, 0) is 12.0 Å². The van der Waals surface area contributed by atoms with Gasteiger partial charge < -0.3 is 21.5 Å². The van der Waals surface area contributed by atoms with E-state index < -0.39 is 0 Å². The summed E-state index contributed by atoms with van der Waals surface area (Å²) in [6.07, 6.45) is 4.06. The number of aryl methyl sites for hydroxylation is 1. The fourth-order valence-electron chi connectivity index (χ4n) is 5.70. The van der Waals surface area contributed by atoms with E-state index in [0.717, 1.165) is 12.3 Å². The van der Waals surface area contributed by atoms with Gasteiger partial charge in [-0.2, -0.15) is 0 Å². The van der Waals surface area contributed by atoms with Crippen molar-refractivity contribution < 1.29 is 21.5 Å². The Morgan fingerprint density at radius 2 is 1.46 bits per heavy atom. The lowest BCUT2D eigenvalue weighted by molar-refractivity contribution is -0.954. The predicted molar refractivity (Wildman–Crippen MR) is 91.9 cm³/mol. The minimum Gasteiger partial charge on any atom is -1.00 e. The Morgan fingerprint density at radius 1 is 0.833 bits per heavy atom. The summed E-state index contributed by atoms with van der Waals surface area (Å²) in [4.78, 5) is 8.37. The lowest BCUT2D eigenvalue weighted by Crippen LogP contribution is -3.00. The fourth-order valence-corrected chi connectivity index (χ4v) is 5.70. The van der Waals surface area contributed by atoms with Gasteiger partial charge in [-0.3, -0.25) is 9.80 Å². The Hall–Kier alpha value is -0.460. The van der Waals surface area contributed by atoms with Gasteiger partial charge in [0.05, 0.1) is 26.2 Å². The molecule has 24 heavy (non-hydrogen) atoms. The number of benzene rings is 1. The van der Waals surface area contributed by atoms with Crippen LogP contribution in [-0.2, 0) is 6.42 Å². The second kappa shape index (κ2) is 6.69. The van der Waals surface area contributed by atoms with Crippen molar-refractivity contribution in [1.29, 1.82) is 0 Å². The van der Waals surface area contributed by atoms with Crippen LogP contribution < -0.4 is 17.0 Å². The zero-order chi connectivity index (χ0) is 15.3. The summed E-state index contributed by atoms with van der Waals surface area (Å²) in [6, 6.07) is 11.0. The molecule has 1 aromatic carbocycles. The molecule has 0 aliphatic carbocycles. The minimum atomic E-state index is 0. The monoisotopic (exact) mass is 392 g/mol. The summed E-state index contributed by atoms with van der Waals surface area (Å²) in [5.74, 6) is 0. The van der Waals surface area contributed by atoms with Crippen molar-refractivity contribution in [2.75, 3.05) is 58.9 Å². The smallest absolute Gasteiger partial charge is 0.175 e. The van der Waals surface area contributed by atoms with Crippen molar-refractivity contribution in [1.82, 2.24) is 14.7 Å². The van der Waals surface area contributed by atoms with Gasteiger partial charge in [0.1, 0.15) is 6.17 Å². The summed E-state index contributed by atoms with van der Waals surface area (Å²) in [6.45, 7) is 12.0. The molecule has 1 aromatic rings. The molecule has 0 N–H and O–H groups in total. The molecule has 5 rings (SSSR count). The van der Waals surface area contributed by atoms with Crippen molar-refractivity contribution in [2.24, 2.45) is 0 Å². The molecule has 0 saturated carbocycles. The molecule has 5 heteroatoms. The normalized spacial score (nSPS) is 35.7. The molecule has 4 heterocycles. The van der Waals surface area contributed by atoms with Crippen LogP contribution >= 0.6 is 0 Å². The molecule has 3 unspecified atom stereocenters. The Balaban J connectivity index is 0.00000146. The van der Waals surface area contributed by atoms with Crippen LogP contribution in [-0.4, -0.2) is 90.4 Å². The summed E-state index contributed by atoms with van der Waals surface area (Å²) in [5.41, 5.74) is 1.51. The Labute approximate surface area is 156 Å². The molecule has 0 radical (unpaired) electrons. The second-order valence-electron chi connectivity index (χ2n) is 7.91. The van der Waals surface area contributed by atoms with E-state index in [-0.39, 0.29) is 17.0 Å². The van der Waals surface area contributed by atoms with Crippen molar-refractivity contribution in [2.45, 2.75) is 25.2 Å². The van der Waals surface area contributed by atoms with E-state index in [1.807, 2.05) is 0 Å². The summed E-state index contributed by atoms with van der Waals surface area (Å²) >= 11 is 0. The average Bonchev–Trinajstić information content (AvgIpc) is 3.16. The Morgan fingerprint density at radius 3 is 2.21 bits per heavy atom. The zero-order valence-electron chi connectivity index (χ0n) is 14.5. The van der Waals surface area contributed by atoms with Crippen LogP contribution in [0.5, 0.6) is 0 Å². The summed E-state index contributed by atoms with van der Waals surface area (Å²) in [7, 11) is 0. The number of hydrogen-bond donors (Lipinski definition) is 0. The molecular formula is C19H29BrN4. The van der Waals surface area contributed by atoms with Crippen LogP contribution in [0.25, 0.3) is 0 Å². The van der Waals surface area contributed by atoms with Gasteiger partial charge in [-0.15, -0.1) is 0 Å². The third kappa shape index (κ3) is 2.65. The number of piperazine rings is 2. The molecule has 4 aliphatic rings. The summed E-state index contributed by atoms with van der Waals surface area (Å²) in [5, 5.41) is 0. The van der Waals surface area contributed by atoms with E-state index in [0.29, 0.717) is 0 Å². The fraction of sp³-hybridized carbons (Fsp3) is 0.684. The Kier molecular flexibility index (Phi) is 4.73. The van der Waals surface area contributed by atoms with Gasteiger partial charge in [0.15, 0.2) is 6.17 Å². The van der Waals surface area contributed by atoms with E-state index in [2.05, 4.69) is 45.0 Å². The van der Waals surface area contributed by atoms with Gasteiger partial charge in [0.2, 0.25) is 0 Å². The predicted octanol–water partition coefficient (Wildman–Crippen LogP) is -1.95. The Bertz CT molecular complexity index is 562. The van der Waals surface area contributed by atoms with Crippen molar-refractivity contribution in [3.05, 3.63) is 35.9 Å². The van der Waals surface area contributed by atoms with Gasteiger partial charge in [0, 0.05) is 39.1 Å². The highest BCUT2D eigenvalue weighted by Crippen LogP contribution is 2.39. The van der Waals surface area contributed by atoms with E-state index in [4.69, 9.17) is 0 Å². The van der Waals surface area contributed by atoms with Crippen molar-refractivity contribution in [3.63, 3.8) is 0 Å².